The number of carboxylic acids is 1. The summed E-state index contributed by atoms with van der Waals surface area (Å²) in [6, 6.07) is 0. The molecule has 0 saturated carbocycles. The van der Waals surface area contributed by atoms with Crippen molar-refractivity contribution in [2.45, 2.75) is 19.0 Å². The van der Waals surface area contributed by atoms with Gasteiger partial charge in [-0.15, -0.1) is 0 Å². The van der Waals surface area contributed by atoms with Crippen molar-refractivity contribution in [3.05, 3.63) is 12.2 Å². The summed E-state index contributed by atoms with van der Waals surface area (Å²) in [6.07, 6.45) is -4.05. The SMILES string of the molecule is C=C(CN1CCC(C(F)(F)F)CC1)C(=O)O. The Labute approximate surface area is 91.5 Å². The van der Waals surface area contributed by atoms with Crippen molar-refractivity contribution < 1.29 is 23.1 Å². The van der Waals surface area contributed by atoms with Crippen LogP contribution in [-0.4, -0.2) is 41.8 Å². The highest BCUT2D eigenvalue weighted by Gasteiger charge is 2.41. The first kappa shape index (κ1) is 13.0. The highest BCUT2D eigenvalue weighted by Crippen LogP contribution is 2.34. The summed E-state index contributed by atoms with van der Waals surface area (Å²) < 4.78 is 37.0. The minimum atomic E-state index is -4.13. The van der Waals surface area contributed by atoms with Crippen molar-refractivity contribution in [2.24, 2.45) is 5.92 Å². The predicted molar refractivity (Wildman–Crippen MR) is 52.0 cm³/mol. The minimum Gasteiger partial charge on any atom is -0.478 e. The van der Waals surface area contributed by atoms with Gasteiger partial charge in [-0.25, -0.2) is 4.79 Å². The van der Waals surface area contributed by atoms with Crippen molar-refractivity contribution in [3.63, 3.8) is 0 Å². The van der Waals surface area contributed by atoms with Crippen molar-refractivity contribution in [2.75, 3.05) is 19.6 Å². The number of hydrogen-bond donors (Lipinski definition) is 1. The Morgan fingerprint density at radius 1 is 1.38 bits per heavy atom. The summed E-state index contributed by atoms with van der Waals surface area (Å²) in [6.45, 7) is 4.04. The van der Waals surface area contributed by atoms with Crippen molar-refractivity contribution in [1.29, 1.82) is 0 Å². The Morgan fingerprint density at radius 2 is 1.88 bits per heavy atom. The third-order valence-corrected chi connectivity index (χ3v) is 2.77. The van der Waals surface area contributed by atoms with Crippen LogP contribution in [0, 0.1) is 5.92 Å². The zero-order valence-electron chi connectivity index (χ0n) is 8.76. The van der Waals surface area contributed by atoms with E-state index in [4.69, 9.17) is 5.11 Å². The fourth-order valence-electron chi connectivity index (χ4n) is 1.76. The normalized spacial score (nSPS) is 19.7. The van der Waals surface area contributed by atoms with E-state index in [0.29, 0.717) is 0 Å². The lowest BCUT2D eigenvalue weighted by Crippen LogP contribution is -2.40. The van der Waals surface area contributed by atoms with Crippen LogP contribution >= 0.6 is 0 Å². The molecule has 6 heteroatoms. The van der Waals surface area contributed by atoms with E-state index in [-0.39, 0.29) is 38.0 Å². The molecule has 0 unspecified atom stereocenters. The van der Waals surface area contributed by atoms with Crippen LogP contribution in [0.2, 0.25) is 0 Å². The number of rotatable bonds is 3. The molecule has 0 aliphatic carbocycles. The number of likely N-dealkylation sites (tertiary alicyclic amines) is 1. The van der Waals surface area contributed by atoms with E-state index in [0.717, 1.165) is 0 Å². The van der Waals surface area contributed by atoms with Crippen LogP contribution in [0.4, 0.5) is 13.2 Å². The molecule has 1 aliphatic rings. The lowest BCUT2D eigenvalue weighted by molar-refractivity contribution is -0.184. The molecular formula is C10H14F3NO2. The predicted octanol–water partition coefficient (Wildman–Crippen LogP) is 1.90. The number of hydrogen-bond acceptors (Lipinski definition) is 2. The van der Waals surface area contributed by atoms with Gasteiger partial charge in [0, 0.05) is 12.1 Å². The van der Waals surface area contributed by atoms with Gasteiger partial charge in [0.15, 0.2) is 0 Å². The van der Waals surface area contributed by atoms with Gasteiger partial charge in [-0.1, -0.05) is 6.58 Å². The van der Waals surface area contributed by atoms with Gasteiger partial charge < -0.3 is 5.11 Å². The molecule has 1 saturated heterocycles. The highest BCUT2D eigenvalue weighted by atomic mass is 19.4. The number of nitrogens with zero attached hydrogens (tertiary/aromatic N) is 1. The average Bonchev–Trinajstić information content (AvgIpc) is 2.17. The number of aliphatic carboxylic acids is 1. The molecule has 0 atom stereocenters. The van der Waals surface area contributed by atoms with Crippen molar-refractivity contribution in [1.82, 2.24) is 4.90 Å². The molecule has 0 amide bonds. The van der Waals surface area contributed by atoms with E-state index in [1.165, 1.54) is 0 Å². The van der Waals surface area contributed by atoms with Crippen LogP contribution < -0.4 is 0 Å². The summed E-state index contributed by atoms with van der Waals surface area (Å²) in [7, 11) is 0. The zero-order valence-corrected chi connectivity index (χ0v) is 8.76. The first-order valence-corrected chi connectivity index (χ1v) is 5.01. The molecule has 1 N–H and O–H groups in total. The largest absolute Gasteiger partial charge is 0.478 e. The number of piperidine rings is 1. The molecule has 0 spiro atoms. The van der Waals surface area contributed by atoms with Gasteiger partial charge >= 0.3 is 12.1 Å². The molecule has 0 aromatic heterocycles. The first-order chi connectivity index (χ1) is 7.30. The van der Waals surface area contributed by atoms with E-state index >= 15 is 0 Å². The second-order valence-electron chi connectivity index (χ2n) is 4.00. The topological polar surface area (TPSA) is 40.5 Å². The average molecular weight is 237 g/mol. The summed E-state index contributed by atoms with van der Waals surface area (Å²) in [4.78, 5) is 12.2. The maximum Gasteiger partial charge on any atom is 0.391 e. The van der Waals surface area contributed by atoms with Crippen LogP contribution in [0.5, 0.6) is 0 Å². The fraction of sp³-hybridized carbons (Fsp3) is 0.700. The molecular weight excluding hydrogens is 223 g/mol. The fourth-order valence-corrected chi connectivity index (χ4v) is 1.76. The Hall–Kier alpha value is -1.04. The lowest BCUT2D eigenvalue weighted by atomic mass is 9.96. The zero-order chi connectivity index (χ0) is 12.3. The smallest absolute Gasteiger partial charge is 0.391 e. The van der Waals surface area contributed by atoms with Crippen LogP contribution in [0.25, 0.3) is 0 Å². The maximum absolute atomic E-state index is 12.3. The second kappa shape index (κ2) is 4.86. The molecule has 1 rings (SSSR count). The van der Waals surface area contributed by atoms with Crippen molar-refractivity contribution >= 4 is 5.97 Å². The summed E-state index contributed by atoms with van der Waals surface area (Å²) in [5.41, 5.74) is 0.0189. The van der Waals surface area contributed by atoms with Gasteiger partial charge in [0.25, 0.3) is 0 Å². The van der Waals surface area contributed by atoms with E-state index in [9.17, 15) is 18.0 Å². The first-order valence-electron chi connectivity index (χ1n) is 5.01. The highest BCUT2D eigenvalue weighted by molar-refractivity contribution is 5.86. The van der Waals surface area contributed by atoms with Crippen LogP contribution in [0.3, 0.4) is 0 Å². The Balaban J connectivity index is 2.38. The number of alkyl halides is 3. The second-order valence-corrected chi connectivity index (χ2v) is 4.00. The third-order valence-electron chi connectivity index (χ3n) is 2.77. The molecule has 3 nitrogen and oxygen atoms in total. The number of halogens is 3. The quantitative estimate of drug-likeness (QED) is 0.762. The molecule has 0 aromatic carbocycles. The molecule has 1 fully saturated rings. The monoisotopic (exact) mass is 237 g/mol. The third kappa shape index (κ3) is 3.52. The standard InChI is InChI=1S/C10H14F3NO2/c1-7(9(15)16)6-14-4-2-8(3-5-14)10(11,12)13/h8H,1-6H2,(H,15,16). The summed E-state index contributed by atoms with van der Waals surface area (Å²) in [5.74, 6) is -2.35. The Bertz CT molecular complexity index is 280. The molecule has 0 aromatic rings. The van der Waals surface area contributed by atoms with Crippen molar-refractivity contribution in [3.8, 4) is 0 Å². The van der Waals surface area contributed by atoms with Gasteiger partial charge in [0.2, 0.25) is 0 Å². The number of carboxylic acid groups (broad SMARTS) is 1. The maximum atomic E-state index is 12.3. The Morgan fingerprint density at radius 3 is 2.25 bits per heavy atom. The molecule has 1 aliphatic heterocycles. The van der Waals surface area contributed by atoms with E-state index in [2.05, 4.69) is 6.58 Å². The molecule has 92 valence electrons. The van der Waals surface area contributed by atoms with Gasteiger partial charge in [0.05, 0.1) is 5.92 Å². The van der Waals surface area contributed by atoms with Gasteiger partial charge in [-0.05, 0) is 25.9 Å². The van der Waals surface area contributed by atoms with Gasteiger partial charge in [-0.2, -0.15) is 13.2 Å². The van der Waals surface area contributed by atoms with E-state index in [1.807, 2.05) is 0 Å². The van der Waals surface area contributed by atoms with E-state index < -0.39 is 18.1 Å². The van der Waals surface area contributed by atoms with Crippen LogP contribution in [0.1, 0.15) is 12.8 Å². The molecule has 0 bridgehead atoms. The molecule has 0 radical (unpaired) electrons. The Kier molecular flexibility index (Phi) is 3.96. The molecule has 1 heterocycles. The van der Waals surface area contributed by atoms with Crippen LogP contribution in [-0.2, 0) is 4.79 Å². The van der Waals surface area contributed by atoms with Crippen LogP contribution in [0.15, 0.2) is 12.2 Å². The van der Waals surface area contributed by atoms with E-state index in [1.54, 1.807) is 4.90 Å². The summed E-state index contributed by atoms with van der Waals surface area (Å²) in [5, 5.41) is 8.59. The lowest BCUT2D eigenvalue weighted by Gasteiger charge is -2.32. The van der Waals surface area contributed by atoms with Gasteiger partial charge in [0.1, 0.15) is 0 Å². The minimum absolute atomic E-state index is 0.0189. The van der Waals surface area contributed by atoms with Gasteiger partial charge in [-0.3, -0.25) is 4.90 Å². The number of carbonyl (C=O) groups is 1. The molecule has 16 heavy (non-hydrogen) atoms. The summed E-state index contributed by atoms with van der Waals surface area (Å²) >= 11 is 0.